The van der Waals surface area contributed by atoms with Crippen molar-refractivity contribution in [2.75, 3.05) is 39.9 Å². The normalized spacial score (nSPS) is 16.4. The number of rotatable bonds is 4. The molecular weight excluding hydrogens is 308 g/mol. The molecule has 0 bridgehead atoms. The van der Waals surface area contributed by atoms with Crippen molar-refractivity contribution in [3.05, 3.63) is 30.1 Å². The van der Waals surface area contributed by atoms with Gasteiger partial charge in [-0.2, -0.15) is 0 Å². The quantitative estimate of drug-likeness (QED) is 0.911. The van der Waals surface area contributed by atoms with Gasteiger partial charge in [0.1, 0.15) is 0 Å². The van der Waals surface area contributed by atoms with Crippen LogP contribution in [-0.4, -0.2) is 71.5 Å². The number of nitrogens with one attached hydrogen (secondary N) is 1. The second-order valence-corrected chi connectivity index (χ2v) is 6.11. The van der Waals surface area contributed by atoms with E-state index in [1.165, 1.54) is 0 Å². The number of benzene rings is 1. The number of carbonyl (C=O) groups is 2. The van der Waals surface area contributed by atoms with Gasteiger partial charge in [0.2, 0.25) is 5.91 Å². The molecule has 1 aliphatic rings. The number of piperazine rings is 1. The molecule has 24 heavy (non-hydrogen) atoms. The van der Waals surface area contributed by atoms with Crippen molar-refractivity contribution < 1.29 is 14.3 Å². The second-order valence-electron chi connectivity index (χ2n) is 6.11. The maximum Gasteiger partial charge on any atom is 0.254 e. The highest BCUT2D eigenvalue weighted by atomic mass is 16.5. The Hall–Kier alpha value is -2.41. The van der Waals surface area contributed by atoms with Crippen LogP contribution >= 0.6 is 0 Å². The molecule has 2 aromatic rings. The number of carbonyl (C=O) groups excluding carboxylic acids is 2. The molecule has 2 heterocycles. The molecule has 7 heteroatoms. The van der Waals surface area contributed by atoms with Crippen molar-refractivity contribution in [3.8, 4) is 0 Å². The Labute approximate surface area is 140 Å². The predicted octanol–water partition coefficient (Wildman–Crippen LogP) is 1.13. The lowest BCUT2D eigenvalue weighted by molar-refractivity contribution is -0.138. The predicted molar refractivity (Wildman–Crippen MR) is 89.6 cm³/mol. The van der Waals surface area contributed by atoms with E-state index in [9.17, 15) is 9.59 Å². The van der Waals surface area contributed by atoms with Gasteiger partial charge < -0.3 is 19.5 Å². The zero-order valence-corrected chi connectivity index (χ0v) is 14.0. The molecule has 1 saturated heterocycles. The smallest absolute Gasteiger partial charge is 0.254 e. The summed E-state index contributed by atoms with van der Waals surface area (Å²) in [6.45, 7) is 4.50. The van der Waals surface area contributed by atoms with E-state index in [1.54, 1.807) is 24.4 Å². The first-order valence-corrected chi connectivity index (χ1v) is 8.10. The first kappa shape index (κ1) is 16.4. The Balaban J connectivity index is 1.61. The van der Waals surface area contributed by atoms with Gasteiger partial charge in [0.15, 0.2) is 0 Å². The Morgan fingerprint density at radius 1 is 1.25 bits per heavy atom. The van der Waals surface area contributed by atoms with Gasteiger partial charge in [0.05, 0.1) is 29.9 Å². The van der Waals surface area contributed by atoms with Crippen LogP contribution in [0, 0.1) is 5.92 Å². The number of H-pyrrole nitrogens is 1. The molecule has 1 unspecified atom stereocenters. The number of aromatic nitrogens is 2. The maximum absolute atomic E-state index is 12.6. The fourth-order valence-electron chi connectivity index (χ4n) is 3.01. The van der Waals surface area contributed by atoms with E-state index in [0.29, 0.717) is 38.3 Å². The van der Waals surface area contributed by atoms with E-state index >= 15 is 0 Å². The molecule has 128 valence electrons. The maximum atomic E-state index is 12.6. The van der Waals surface area contributed by atoms with Gasteiger partial charge in [-0.25, -0.2) is 4.98 Å². The van der Waals surface area contributed by atoms with Crippen LogP contribution in [0.15, 0.2) is 24.5 Å². The summed E-state index contributed by atoms with van der Waals surface area (Å²) in [4.78, 5) is 35.7. The number of imidazole rings is 1. The molecule has 1 fully saturated rings. The summed E-state index contributed by atoms with van der Waals surface area (Å²) in [6.07, 6.45) is 1.62. The number of hydrogen-bond donors (Lipinski definition) is 1. The van der Waals surface area contributed by atoms with E-state index < -0.39 is 0 Å². The average Bonchev–Trinajstić information content (AvgIpc) is 3.08. The number of hydrogen-bond acceptors (Lipinski definition) is 4. The van der Waals surface area contributed by atoms with Crippen LogP contribution in [0.4, 0.5) is 0 Å². The van der Waals surface area contributed by atoms with E-state index in [1.807, 2.05) is 24.0 Å². The zero-order valence-electron chi connectivity index (χ0n) is 14.0. The fraction of sp³-hybridized carbons (Fsp3) is 0.471. The van der Waals surface area contributed by atoms with Crippen molar-refractivity contribution in [1.29, 1.82) is 0 Å². The van der Waals surface area contributed by atoms with Crippen LogP contribution in [0.25, 0.3) is 11.0 Å². The molecular formula is C17H22N4O3. The van der Waals surface area contributed by atoms with Gasteiger partial charge in [-0.15, -0.1) is 0 Å². The van der Waals surface area contributed by atoms with Gasteiger partial charge >= 0.3 is 0 Å². The summed E-state index contributed by atoms with van der Waals surface area (Å²) < 4.78 is 5.04. The Morgan fingerprint density at radius 3 is 2.67 bits per heavy atom. The third-order valence-corrected chi connectivity index (χ3v) is 4.38. The number of fused-ring (bicyclic) bond motifs is 1. The van der Waals surface area contributed by atoms with Crippen LogP contribution in [0.2, 0.25) is 0 Å². The van der Waals surface area contributed by atoms with Gasteiger partial charge in [-0.05, 0) is 18.2 Å². The summed E-state index contributed by atoms with van der Waals surface area (Å²) in [7, 11) is 1.59. The van der Waals surface area contributed by atoms with Crippen molar-refractivity contribution in [2.45, 2.75) is 6.92 Å². The average molecular weight is 330 g/mol. The lowest BCUT2D eigenvalue weighted by atomic mass is 10.1. The number of nitrogens with zero attached hydrogens (tertiary/aromatic N) is 3. The van der Waals surface area contributed by atoms with Gasteiger partial charge in [0.25, 0.3) is 5.91 Å². The SMILES string of the molecule is COCC(C)C(=O)N1CCN(C(=O)c2ccc3nc[nH]c3c2)CC1. The summed E-state index contributed by atoms with van der Waals surface area (Å²) in [6, 6.07) is 5.46. The lowest BCUT2D eigenvalue weighted by Crippen LogP contribution is -2.52. The van der Waals surface area contributed by atoms with Crippen LogP contribution < -0.4 is 0 Å². The van der Waals surface area contributed by atoms with Crippen molar-refractivity contribution in [3.63, 3.8) is 0 Å². The molecule has 1 aromatic heterocycles. The fourth-order valence-corrected chi connectivity index (χ4v) is 3.01. The van der Waals surface area contributed by atoms with Crippen LogP contribution in [-0.2, 0) is 9.53 Å². The summed E-state index contributed by atoms with van der Waals surface area (Å²) >= 11 is 0. The highest BCUT2D eigenvalue weighted by molar-refractivity contribution is 5.97. The largest absolute Gasteiger partial charge is 0.384 e. The monoisotopic (exact) mass is 330 g/mol. The van der Waals surface area contributed by atoms with Crippen molar-refractivity contribution in [1.82, 2.24) is 19.8 Å². The molecule has 1 atom stereocenters. The van der Waals surface area contributed by atoms with E-state index in [4.69, 9.17) is 4.74 Å². The molecule has 0 radical (unpaired) electrons. The van der Waals surface area contributed by atoms with Crippen LogP contribution in [0.5, 0.6) is 0 Å². The van der Waals surface area contributed by atoms with Gasteiger partial charge in [-0.3, -0.25) is 9.59 Å². The molecule has 1 aromatic carbocycles. The third-order valence-electron chi connectivity index (χ3n) is 4.38. The first-order valence-electron chi connectivity index (χ1n) is 8.10. The van der Waals surface area contributed by atoms with Crippen LogP contribution in [0.3, 0.4) is 0 Å². The Bertz CT molecular complexity index is 734. The summed E-state index contributed by atoms with van der Waals surface area (Å²) in [5.74, 6) is -0.0774. The van der Waals surface area contributed by atoms with E-state index in [-0.39, 0.29) is 17.7 Å². The molecule has 1 N–H and O–H groups in total. The van der Waals surface area contributed by atoms with Crippen LogP contribution in [0.1, 0.15) is 17.3 Å². The topological polar surface area (TPSA) is 78.5 Å². The standard InChI is InChI=1S/C17H22N4O3/c1-12(10-24-2)16(22)20-5-7-21(8-6-20)17(23)13-3-4-14-15(9-13)19-11-18-14/h3-4,9,11-12H,5-8,10H2,1-2H3,(H,18,19). The number of aromatic amines is 1. The Morgan fingerprint density at radius 2 is 1.96 bits per heavy atom. The zero-order chi connectivity index (χ0) is 17.1. The minimum absolute atomic E-state index is 0.0106. The number of ether oxygens (including phenoxy) is 1. The molecule has 2 amide bonds. The van der Waals surface area contributed by atoms with Crippen molar-refractivity contribution >= 4 is 22.8 Å². The molecule has 3 rings (SSSR count). The Kier molecular flexibility index (Phi) is 4.80. The van der Waals surface area contributed by atoms with E-state index in [0.717, 1.165) is 11.0 Å². The van der Waals surface area contributed by atoms with Crippen molar-refractivity contribution in [2.24, 2.45) is 5.92 Å². The first-order chi connectivity index (χ1) is 11.6. The molecule has 0 saturated carbocycles. The number of methoxy groups -OCH3 is 1. The summed E-state index contributed by atoms with van der Waals surface area (Å²) in [5, 5.41) is 0. The highest BCUT2D eigenvalue weighted by Crippen LogP contribution is 2.15. The minimum atomic E-state index is -0.153. The number of amides is 2. The molecule has 0 aliphatic carbocycles. The lowest BCUT2D eigenvalue weighted by Gasteiger charge is -2.36. The van der Waals surface area contributed by atoms with Gasteiger partial charge in [0, 0.05) is 38.9 Å². The highest BCUT2D eigenvalue weighted by Gasteiger charge is 2.27. The molecule has 7 nitrogen and oxygen atoms in total. The van der Waals surface area contributed by atoms with E-state index in [2.05, 4.69) is 9.97 Å². The molecule has 0 spiro atoms. The second kappa shape index (κ2) is 7.00. The van der Waals surface area contributed by atoms with Gasteiger partial charge in [-0.1, -0.05) is 6.92 Å². The minimum Gasteiger partial charge on any atom is -0.384 e. The summed E-state index contributed by atoms with van der Waals surface area (Å²) in [5.41, 5.74) is 2.33. The third kappa shape index (κ3) is 3.26. The molecule has 1 aliphatic heterocycles.